The van der Waals surface area contributed by atoms with Crippen LogP contribution in [0.2, 0.25) is 0 Å². The van der Waals surface area contributed by atoms with Gasteiger partial charge in [0.1, 0.15) is 0 Å². The van der Waals surface area contributed by atoms with Gasteiger partial charge >= 0.3 is 0 Å². The molecule has 1 aliphatic carbocycles. The topological polar surface area (TPSA) is 55.1 Å². The third-order valence-corrected chi connectivity index (χ3v) is 3.17. The van der Waals surface area contributed by atoms with Gasteiger partial charge in [-0.25, -0.2) is 0 Å². The Morgan fingerprint density at radius 2 is 2.25 bits per heavy atom. The maximum Gasteiger partial charge on any atom is 0.220 e. The van der Waals surface area contributed by atoms with E-state index >= 15 is 0 Å². The van der Waals surface area contributed by atoms with E-state index in [1.165, 1.54) is 19.3 Å². The molecule has 0 aromatic heterocycles. The Hall–Kier alpha value is -0.280. The maximum absolute atomic E-state index is 11.1. The minimum Gasteiger partial charge on any atom is -0.352 e. The number of nitrogens with one attached hydrogen (secondary N) is 1. The van der Waals surface area contributed by atoms with Crippen molar-refractivity contribution in [2.45, 2.75) is 31.7 Å². The molecule has 0 bridgehead atoms. The highest BCUT2D eigenvalue weighted by Crippen LogP contribution is 2.49. The van der Waals surface area contributed by atoms with Gasteiger partial charge in [0.2, 0.25) is 5.91 Å². The van der Waals surface area contributed by atoms with Crippen molar-refractivity contribution in [3.63, 3.8) is 0 Å². The Labute approximate surface area is 78.5 Å². The van der Waals surface area contributed by atoms with Crippen LogP contribution in [0, 0.1) is 5.41 Å². The highest BCUT2D eigenvalue weighted by Gasteiger charge is 2.49. The second kappa shape index (κ2) is 3.23. The van der Waals surface area contributed by atoms with E-state index < -0.39 is 0 Å². The van der Waals surface area contributed by atoms with Crippen molar-refractivity contribution in [1.82, 2.24) is 5.32 Å². The Kier molecular flexibility index (Phi) is 2.64. The van der Waals surface area contributed by atoms with Crippen molar-refractivity contribution in [1.29, 1.82) is 0 Å². The van der Waals surface area contributed by atoms with Crippen molar-refractivity contribution >= 4 is 18.3 Å². The van der Waals surface area contributed by atoms with Crippen LogP contribution in [-0.4, -0.2) is 18.5 Å². The monoisotopic (exact) mass is 190 g/mol. The first-order valence-electron chi connectivity index (χ1n) is 4.26. The molecule has 1 atom stereocenters. The van der Waals surface area contributed by atoms with Crippen LogP contribution in [0.4, 0.5) is 0 Å². The normalized spacial score (nSPS) is 30.8. The van der Waals surface area contributed by atoms with Gasteiger partial charge in [0.25, 0.3) is 0 Å². The molecular formula is C8H15ClN2O. The van der Waals surface area contributed by atoms with E-state index in [1.807, 2.05) is 0 Å². The largest absolute Gasteiger partial charge is 0.352 e. The molecule has 2 rings (SSSR count). The fraction of sp³-hybridized carbons (Fsp3) is 0.875. The summed E-state index contributed by atoms with van der Waals surface area (Å²) in [7, 11) is 0. The maximum atomic E-state index is 11.1. The Morgan fingerprint density at radius 3 is 2.58 bits per heavy atom. The lowest BCUT2D eigenvalue weighted by atomic mass is 9.64. The Balaban J connectivity index is 0.000000720. The van der Waals surface area contributed by atoms with Crippen LogP contribution in [0.5, 0.6) is 0 Å². The van der Waals surface area contributed by atoms with E-state index in [0.29, 0.717) is 6.54 Å². The first-order valence-corrected chi connectivity index (χ1v) is 4.26. The molecule has 0 radical (unpaired) electrons. The zero-order valence-corrected chi connectivity index (χ0v) is 7.82. The van der Waals surface area contributed by atoms with Crippen molar-refractivity contribution in [3.05, 3.63) is 0 Å². The average Bonchev–Trinajstić information content (AvgIpc) is 2.25. The van der Waals surface area contributed by atoms with Gasteiger partial charge < -0.3 is 11.1 Å². The number of rotatable bonds is 1. The van der Waals surface area contributed by atoms with Gasteiger partial charge in [-0.05, 0) is 12.8 Å². The molecule has 12 heavy (non-hydrogen) atoms. The SMILES string of the molecule is Cl.NCC1NC(=O)CC12CCC2. The first-order chi connectivity index (χ1) is 5.27. The number of nitrogens with two attached hydrogens (primary N) is 1. The average molecular weight is 191 g/mol. The summed E-state index contributed by atoms with van der Waals surface area (Å²) in [5, 5.41) is 2.93. The van der Waals surface area contributed by atoms with E-state index in [0.717, 1.165) is 6.42 Å². The molecule has 1 spiro atoms. The Morgan fingerprint density at radius 1 is 1.58 bits per heavy atom. The molecule has 2 aliphatic rings. The fourth-order valence-electron chi connectivity index (χ4n) is 2.31. The number of halogens is 1. The number of hydrogen-bond acceptors (Lipinski definition) is 2. The van der Waals surface area contributed by atoms with E-state index in [1.54, 1.807) is 0 Å². The zero-order valence-electron chi connectivity index (χ0n) is 7.01. The summed E-state index contributed by atoms with van der Waals surface area (Å²) in [5.74, 6) is 0.195. The quantitative estimate of drug-likeness (QED) is 0.630. The van der Waals surface area contributed by atoms with E-state index in [4.69, 9.17) is 5.73 Å². The lowest BCUT2D eigenvalue weighted by molar-refractivity contribution is -0.120. The predicted molar refractivity (Wildman–Crippen MR) is 49.1 cm³/mol. The first kappa shape index (κ1) is 9.81. The van der Waals surface area contributed by atoms with Gasteiger partial charge in [-0.15, -0.1) is 12.4 Å². The standard InChI is InChI=1S/C8H14N2O.ClH/c9-5-6-8(2-1-3-8)4-7(11)10-6;/h6H,1-5,9H2,(H,10,11);1H. The molecular weight excluding hydrogens is 176 g/mol. The summed E-state index contributed by atoms with van der Waals surface area (Å²) in [6, 6.07) is 0.267. The smallest absolute Gasteiger partial charge is 0.220 e. The van der Waals surface area contributed by atoms with E-state index in [9.17, 15) is 4.79 Å². The van der Waals surface area contributed by atoms with Gasteiger partial charge in [0, 0.05) is 24.4 Å². The summed E-state index contributed by atoms with van der Waals surface area (Å²) >= 11 is 0. The van der Waals surface area contributed by atoms with E-state index in [-0.39, 0.29) is 29.8 Å². The lowest BCUT2D eigenvalue weighted by Gasteiger charge is -2.41. The fourth-order valence-corrected chi connectivity index (χ4v) is 2.31. The van der Waals surface area contributed by atoms with Crippen molar-refractivity contribution in [2.24, 2.45) is 11.1 Å². The van der Waals surface area contributed by atoms with Gasteiger partial charge in [-0.3, -0.25) is 4.79 Å². The van der Waals surface area contributed by atoms with Gasteiger partial charge in [-0.1, -0.05) is 6.42 Å². The van der Waals surface area contributed by atoms with Crippen molar-refractivity contribution in [2.75, 3.05) is 6.54 Å². The Bertz CT molecular complexity index is 191. The third kappa shape index (κ3) is 1.21. The van der Waals surface area contributed by atoms with E-state index in [2.05, 4.69) is 5.32 Å². The van der Waals surface area contributed by atoms with Crippen LogP contribution in [0.1, 0.15) is 25.7 Å². The molecule has 1 saturated heterocycles. The molecule has 2 fully saturated rings. The lowest BCUT2D eigenvalue weighted by Crippen LogP contribution is -2.46. The van der Waals surface area contributed by atoms with Gasteiger partial charge in [0.05, 0.1) is 0 Å². The molecule has 4 heteroatoms. The molecule has 0 aromatic carbocycles. The summed E-state index contributed by atoms with van der Waals surface area (Å²) in [4.78, 5) is 11.1. The van der Waals surface area contributed by atoms with Crippen molar-refractivity contribution in [3.8, 4) is 0 Å². The molecule has 1 heterocycles. The number of carbonyl (C=O) groups is 1. The third-order valence-electron chi connectivity index (χ3n) is 3.17. The van der Waals surface area contributed by atoms with Gasteiger partial charge in [-0.2, -0.15) is 0 Å². The predicted octanol–water partition coefficient (Wildman–Crippen LogP) is 0.426. The summed E-state index contributed by atoms with van der Waals surface area (Å²) in [5.41, 5.74) is 5.84. The highest BCUT2D eigenvalue weighted by atomic mass is 35.5. The summed E-state index contributed by atoms with van der Waals surface area (Å²) in [6.45, 7) is 0.603. The molecule has 70 valence electrons. The van der Waals surface area contributed by atoms with Crippen molar-refractivity contribution < 1.29 is 4.79 Å². The number of hydrogen-bond donors (Lipinski definition) is 2. The molecule has 0 aromatic rings. The van der Waals surface area contributed by atoms with Crippen LogP contribution in [0.15, 0.2) is 0 Å². The number of amides is 1. The highest BCUT2D eigenvalue weighted by molar-refractivity contribution is 5.85. The van der Waals surface area contributed by atoms with Crippen LogP contribution in [0.25, 0.3) is 0 Å². The number of carbonyl (C=O) groups excluding carboxylic acids is 1. The minimum atomic E-state index is 0. The summed E-state index contributed by atoms with van der Waals surface area (Å²) < 4.78 is 0. The van der Waals surface area contributed by atoms with Crippen LogP contribution in [0.3, 0.4) is 0 Å². The van der Waals surface area contributed by atoms with Crippen LogP contribution in [-0.2, 0) is 4.79 Å². The van der Waals surface area contributed by atoms with Gasteiger partial charge in [0.15, 0.2) is 0 Å². The molecule has 1 unspecified atom stereocenters. The van der Waals surface area contributed by atoms with Crippen LogP contribution >= 0.6 is 12.4 Å². The summed E-state index contributed by atoms with van der Waals surface area (Å²) in [6.07, 6.45) is 4.36. The molecule has 1 saturated carbocycles. The molecule has 1 amide bonds. The molecule has 3 N–H and O–H groups in total. The molecule has 3 nitrogen and oxygen atoms in total. The molecule has 1 aliphatic heterocycles. The second-order valence-corrected chi connectivity index (χ2v) is 3.75. The second-order valence-electron chi connectivity index (χ2n) is 3.75. The zero-order chi connectivity index (χ0) is 7.90. The minimum absolute atomic E-state index is 0. The van der Waals surface area contributed by atoms with Crippen LogP contribution < -0.4 is 11.1 Å².